The fourth-order valence-corrected chi connectivity index (χ4v) is 1.72. The van der Waals surface area contributed by atoms with Crippen molar-refractivity contribution >= 4 is 28.3 Å². The van der Waals surface area contributed by atoms with Crippen LogP contribution in [0, 0.1) is 26.2 Å². The molecule has 5 heteroatoms. The molecule has 0 amide bonds. The Hall–Kier alpha value is -1.99. The van der Waals surface area contributed by atoms with E-state index < -0.39 is 0 Å². The fourth-order valence-electron chi connectivity index (χ4n) is 1.36. The summed E-state index contributed by atoms with van der Waals surface area (Å²) in [7, 11) is 3.58. The van der Waals surface area contributed by atoms with Gasteiger partial charge in [-0.1, -0.05) is 0 Å². The molecule has 0 aliphatic carbocycles. The van der Waals surface area contributed by atoms with Gasteiger partial charge in [0.2, 0.25) is 0 Å². The van der Waals surface area contributed by atoms with Gasteiger partial charge in [-0.3, -0.25) is 0 Å². The van der Waals surface area contributed by atoms with Gasteiger partial charge in [-0.25, -0.2) is 0 Å². The van der Waals surface area contributed by atoms with Crippen LogP contribution >= 0.6 is 22.6 Å². The van der Waals surface area contributed by atoms with E-state index in [-0.39, 0.29) is 5.57 Å². The highest BCUT2D eigenvalue weighted by Crippen LogP contribution is 2.12. The molecule has 0 saturated carbocycles. The molecule has 0 radical (unpaired) electrons. The summed E-state index contributed by atoms with van der Waals surface area (Å²) >= 11 is 2.24. The zero-order chi connectivity index (χ0) is 14.3. The number of hydrogen-bond donors (Lipinski definition) is 1. The van der Waals surface area contributed by atoms with Gasteiger partial charge in [0.05, 0.1) is 5.70 Å². The Morgan fingerprint density at radius 3 is 2.26 bits per heavy atom. The molecule has 0 aliphatic rings. The summed E-state index contributed by atoms with van der Waals surface area (Å²) in [4.78, 5) is 1.73. The van der Waals surface area contributed by atoms with Gasteiger partial charge in [-0.15, -0.1) is 0 Å². The molecule has 0 bridgehead atoms. The third-order valence-corrected chi connectivity index (χ3v) is 3.02. The monoisotopic (exact) mass is 364 g/mol. The van der Waals surface area contributed by atoms with Crippen LogP contribution in [0.5, 0.6) is 0 Å². The number of hydrogen-bond acceptors (Lipinski definition) is 4. The van der Waals surface area contributed by atoms with Gasteiger partial charge in [0.15, 0.2) is 5.57 Å². The third kappa shape index (κ3) is 4.65. The minimum atomic E-state index is 0.0886. The molecule has 0 fully saturated rings. The second kappa shape index (κ2) is 7.45. The van der Waals surface area contributed by atoms with E-state index in [1.165, 1.54) is 0 Å². The van der Waals surface area contributed by atoms with Crippen molar-refractivity contribution in [2.75, 3.05) is 19.4 Å². The van der Waals surface area contributed by atoms with Gasteiger partial charge in [0.25, 0.3) is 0 Å². The van der Waals surface area contributed by atoms with E-state index in [0.717, 1.165) is 9.26 Å². The summed E-state index contributed by atoms with van der Waals surface area (Å²) in [6.07, 6.45) is 3.42. The maximum Gasteiger partial charge on any atom is 0.152 e. The van der Waals surface area contributed by atoms with Gasteiger partial charge in [-0.05, 0) is 52.9 Å². The average molecular weight is 364 g/mol. The normalized spacial score (nSPS) is 9.53. The maximum absolute atomic E-state index is 8.88. The van der Waals surface area contributed by atoms with E-state index in [4.69, 9.17) is 10.5 Å². The van der Waals surface area contributed by atoms with E-state index in [1.807, 2.05) is 36.4 Å². The summed E-state index contributed by atoms with van der Waals surface area (Å²) in [5.74, 6) is 0. The largest absolute Gasteiger partial charge is 0.376 e. The minimum Gasteiger partial charge on any atom is -0.376 e. The van der Waals surface area contributed by atoms with Crippen molar-refractivity contribution in [2.24, 2.45) is 0 Å². The summed E-state index contributed by atoms with van der Waals surface area (Å²) in [6, 6.07) is 11.7. The van der Waals surface area contributed by atoms with Crippen LogP contribution in [0.15, 0.2) is 47.8 Å². The predicted molar refractivity (Wildman–Crippen MR) is 83.9 cm³/mol. The number of benzene rings is 1. The molecule has 1 aromatic carbocycles. The van der Waals surface area contributed by atoms with E-state index >= 15 is 0 Å². The van der Waals surface area contributed by atoms with Crippen molar-refractivity contribution in [1.29, 1.82) is 10.5 Å². The first-order chi connectivity index (χ1) is 9.08. The van der Waals surface area contributed by atoms with Gasteiger partial charge >= 0.3 is 0 Å². The standard InChI is InChI=1S/C14H13IN4/c1-19(2)14(11(9-16)10-17)7-8-18-13-5-3-12(15)4-6-13/h3-8,18H,1-2H3/b8-7+. The Morgan fingerprint density at radius 1 is 1.21 bits per heavy atom. The van der Waals surface area contributed by atoms with Gasteiger partial charge in [-0.2, -0.15) is 10.5 Å². The summed E-state index contributed by atoms with van der Waals surface area (Å²) in [6.45, 7) is 0. The molecule has 1 N–H and O–H groups in total. The lowest BCUT2D eigenvalue weighted by atomic mass is 10.2. The minimum absolute atomic E-state index is 0.0886. The van der Waals surface area contributed by atoms with Gasteiger partial charge in [0, 0.05) is 29.6 Å². The summed E-state index contributed by atoms with van der Waals surface area (Å²) in [5, 5.41) is 20.9. The number of rotatable bonds is 4. The van der Waals surface area contributed by atoms with Crippen molar-refractivity contribution in [1.82, 2.24) is 4.90 Å². The molecule has 0 saturated heterocycles. The van der Waals surface area contributed by atoms with Crippen LogP contribution in [0.3, 0.4) is 0 Å². The first-order valence-electron chi connectivity index (χ1n) is 5.49. The molecule has 0 unspecified atom stereocenters. The molecule has 0 aromatic heterocycles. The fraction of sp³-hybridized carbons (Fsp3) is 0.143. The van der Waals surface area contributed by atoms with Gasteiger partial charge < -0.3 is 10.2 Å². The van der Waals surface area contributed by atoms with E-state index in [9.17, 15) is 0 Å². The van der Waals surface area contributed by atoms with Crippen molar-refractivity contribution in [3.05, 3.63) is 51.4 Å². The van der Waals surface area contributed by atoms with Crippen molar-refractivity contribution in [2.45, 2.75) is 0 Å². The maximum atomic E-state index is 8.88. The molecular weight excluding hydrogens is 351 g/mol. The Bertz CT molecular complexity index is 555. The van der Waals surface area contributed by atoms with Crippen molar-refractivity contribution in [3.63, 3.8) is 0 Å². The summed E-state index contributed by atoms with van der Waals surface area (Å²) in [5.41, 5.74) is 1.61. The van der Waals surface area contributed by atoms with E-state index in [1.54, 1.807) is 31.3 Å². The van der Waals surface area contributed by atoms with Crippen LogP contribution in [0.4, 0.5) is 5.69 Å². The first-order valence-corrected chi connectivity index (χ1v) is 6.57. The molecular formula is C14H13IN4. The lowest BCUT2D eigenvalue weighted by Crippen LogP contribution is -2.11. The number of nitrogens with one attached hydrogen (secondary N) is 1. The lowest BCUT2D eigenvalue weighted by Gasteiger charge is -2.13. The number of nitrogens with zero attached hydrogens (tertiary/aromatic N) is 3. The molecule has 0 spiro atoms. The Balaban J connectivity index is 2.85. The van der Waals surface area contributed by atoms with Crippen LogP contribution in [-0.2, 0) is 0 Å². The Morgan fingerprint density at radius 2 is 1.79 bits per heavy atom. The van der Waals surface area contributed by atoms with Crippen LogP contribution in [0.2, 0.25) is 0 Å². The van der Waals surface area contributed by atoms with Crippen LogP contribution in [-0.4, -0.2) is 19.0 Å². The smallest absolute Gasteiger partial charge is 0.152 e. The van der Waals surface area contributed by atoms with Crippen LogP contribution in [0.1, 0.15) is 0 Å². The Labute approximate surface area is 126 Å². The highest BCUT2D eigenvalue weighted by atomic mass is 127. The SMILES string of the molecule is CN(C)C(/C=C/Nc1ccc(I)cc1)=C(C#N)C#N. The van der Waals surface area contributed by atoms with Crippen molar-refractivity contribution < 1.29 is 0 Å². The Kier molecular flexibility index (Phi) is 5.91. The number of halogens is 1. The second-order valence-corrected chi connectivity index (χ2v) is 5.11. The lowest BCUT2D eigenvalue weighted by molar-refractivity contribution is 0.527. The molecule has 19 heavy (non-hydrogen) atoms. The third-order valence-electron chi connectivity index (χ3n) is 2.30. The first kappa shape index (κ1) is 15.1. The molecule has 1 aromatic rings. The number of anilines is 1. The van der Waals surface area contributed by atoms with E-state index in [0.29, 0.717) is 5.70 Å². The number of nitriles is 2. The highest BCUT2D eigenvalue weighted by Gasteiger charge is 2.04. The highest BCUT2D eigenvalue weighted by molar-refractivity contribution is 14.1. The molecule has 0 atom stereocenters. The topological polar surface area (TPSA) is 62.9 Å². The number of allylic oxidation sites excluding steroid dienone is 2. The molecule has 1 rings (SSSR count). The summed E-state index contributed by atoms with van der Waals surface area (Å²) < 4.78 is 1.16. The van der Waals surface area contributed by atoms with Crippen molar-refractivity contribution in [3.8, 4) is 12.1 Å². The predicted octanol–water partition coefficient (Wildman–Crippen LogP) is 3.08. The zero-order valence-corrected chi connectivity index (χ0v) is 12.8. The van der Waals surface area contributed by atoms with Crippen LogP contribution in [0.25, 0.3) is 0 Å². The second-order valence-electron chi connectivity index (χ2n) is 3.86. The molecule has 0 heterocycles. The van der Waals surface area contributed by atoms with E-state index in [2.05, 4.69) is 27.9 Å². The quantitative estimate of drug-likeness (QED) is 0.507. The van der Waals surface area contributed by atoms with Gasteiger partial charge in [0.1, 0.15) is 12.1 Å². The van der Waals surface area contributed by atoms with Crippen LogP contribution < -0.4 is 5.32 Å². The average Bonchev–Trinajstić information content (AvgIpc) is 2.40. The number of likely N-dealkylation sites (N-methyl/N-ethyl adjacent to an activating group) is 1. The molecule has 0 aliphatic heterocycles. The molecule has 4 nitrogen and oxygen atoms in total. The molecule has 96 valence electrons. The zero-order valence-electron chi connectivity index (χ0n) is 10.7.